The fourth-order valence-electron chi connectivity index (χ4n) is 3.97. The lowest BCUT2D eigenvalue weighted by atomic mass is 10.1. The average Bonchev–Trinajstić information content (AvgIpc) is 3.20. The maximum absolute atomic E-state index is 6.27. The van der Waals surface area contributed by atoms with Crippen LogP contribution in [-0.2, 0) is 26.6 Å². The van der Waals surface area contributed by atoms with Crippen LogP contribution in [0.3, 0.4) is 0 Å². The molecule has 0 atom stereocenters. The number of nitrogens with zero attached hydrogens (tertiary/aromatic N) is 3. The molecule has 0 spiro atoms. The quantitative estimate of drug-likeness (QED) is 0.837. The van der Waals surface area contributed by atoms with E-state index in [9.17, 15) is 0 Å². The highest BCUT2D eigenvalue weighted by atomic mass is 35.5. The van der Waals surface area contributed by atoms with E-state index in [1.54, 1.807) is 0 Å². The van der Waals surface area contributed by atoms with E-state index in [0.29, 0.717) is 0 Å². The Balaban J connectivity index is 1.49. The Kier molecular flexibility index (Phi) is 5.07. The van der Waals surface area contributed by atoms with E-state index in [1.165, 1.54) is 16.9 Å². The van der Waals surface area contributed by atoms with Crippen molar-refractivity contribution in [2.45, 2.75) is 26.4 Å². The molecular formula is C19H26ClN5O. The van der Waals surface area contributed by atoms with Crippen molar-refractivity contribution in [2.24, 2.45) is 7.05 Å². The van der Waals surface area contributed by atoms with Gasteiger partial charge in [-0.3, -0.25) is 4.68 Å². The van der Waals surface area contributed by atoms with Crippen molar-refractivity contribution < 1.29 is 4.74 Å². The molecule has 0 unspecified atom stereocenters. The molecule has 1 aromatic carbocycles. The second kappa shape index (κ2) is 7.47. The number of benzene rings is 1. The molecule has 6 nitrogen and oxygen atoms in total. The van der Waals surface area contributed by atoms with E-state index >= 15 is 0 Å². The molecule has 4 rings (SSSR count). The molecule has 0 bridgehead atoms. The molecule has 0 aliphatic carbocycles. The maximum Gasteiger partial charge on any atom is 0.131 e. The van der Waals surface area contributed by atoms with Gasteiger partial charge in [0.2, 0.25) is 0 Å². The molecule has 2 aliphatic rings. The SMILES string of the molecule is Cc1nn(C)c(N2CCNCC2)c1CNCc1cc(Cl)cc2c1OCC2. The van der Waals surface area contributed by atoms with Crippen LogP contribution in [0.5, 0.6) is 5.75 Å². The van der Waals surface area contributed by atoms with Gasteiger partial charge in [-0.05, 0) is 24.6 Å². The number of ether oxygens (including phenoxy) is 1. The fourth-order valence-corrected chi connectivity index (χ4v) is 4.23. The normalized spacial score (nSPS) is 16.7. The zero-order valence-electron chi connectivity index (χ0n) is 15.4. The van der Waals surface area contributed by atoms with Crippen LogP contribution in [-0.4, -0.2) is 42.6 Å². The van der Waals surface area contributed by atoms with Gasteiger partial charge in [-0.1, -0.05) is 11.6 Å². The molecule has 7 heteroatoms. The van der Waals surface area contributed by atoms with Crippen molar-refractivity contribution in [3.63, 3.8) is 0 Å². The van der Waals surface area contributed by atoms with Crippen molar-refractivity contribution >= 4 is 17.4 Å². The molecule has 1 saturated heterocycles. The molecule has 26 heavy (non-hydrogen) atoms. The van der Waals surface area contributed by atoms with Crippen LogP contribution in [0, 0.1) is 6.92 Å². The number of aryl methyl sites for hydroxylation is 2. The monoisotopic (exact) mass is 375 g/mol. The van der Waals surface area contributed by atoms with E-state index in [4.69, 9.17) is 16.3 Å². The fraction of sp³-hybridized carbons (Fsp3) is 0.526. The number of piperazine rings is 1. The van der Waals surface area contributed by atoms with Crippen molar-refractivity contribution in [1.82, 2.24) is 20.4 Å². The second-order valence-electron chi connectivity index (χ2n) is 7.00. The third kappa shape index (κ3) is 3.41. The first-order valence-corrected chi connectivity index (χ1v) is 9.64. The Morgan fingerprint density at radius 1 is 1.27 bits per heavy atom. The minimum atomic E-state index is 0.734. The summed E-state index contributed by atoms with van der Waals surface area (Å²) in [6.45, 7) is 8.41. The van der Waals surface area contributed by atoms with E-state index in [-0.39, 0.29) is 0 Å². The molecule has 0 radical (unpaired) electrons. The van der Waals surface area contributed by atoms with Crippen LogP contribution < -0.4 is 20.3 Å². The van der Waals surface area contributed by atoms with Gasteiger partial charge in [-0.15, -0.1) is 0 Å². The standard InChI is InChI=1S/C19H26ClN5O/c1-13-17(19(24(2)23-13)25-6-4-21-5-7-25)12-22-11-15-10-16(20)9-14-3-8-26-18(14)15/h9-10,21-22H,3-8,11-12H2,1-2H3. The summed E-state index contributed by atoms with van der Waals surface area (Å²) < 4.78 is 7.82. The Labute approximate surface area is 159 Å². The molecule has 0 saturated carbocycles. The van der Waals surface area contributed by atoms with Gasteiger partial charge in [0.15, 0.2) is 0 Å². The third-order valence-electron chi connectivity index (χ3n) is 5.17. The summed E-state index contributed by atoms with van der Waals surface area (Å²) in [5.74, 6) is 2.23. The van der Waals surface area contributed by atoms with Gasteiger partial charge in [-0.2, -0.15) is 5.10 Å². The first-order valence-electron chi connectivity index (χ1n) is 9.26. The lowest BCUT2D eigenvalue weighted by Crippen LogP contribution is -2.44. The Bertz CT molecular complexity index is 798. The van der Waals surface area contributed by atoms with Crippen LogP contribution in [0.2, 0.25) is 5.02 Å². The first kappa shape index (κ1) is 17.6. The lowest BCUT2D eigenvalue weighted by Gasteiger charge is -2.30. The van der Waals surface area contributed by atoms with Gasteiger partial charge in [-0.25, -0.2) is 0 Å². The predicted octanol–water partition coefficient (Wildman–Crippen LogP) is 2.02. The molecule has 3 heterocycles. The summed E-state index contributed by atoms with van der Waals surface area (Å²) in [5.41, 5.74) is 4.71. The van der Waals surface area contributed by atoms with Crippen LogP contribution in [0.15, 0.2) is 12.1 Å². The topological polar surface area (TPSA) is 54.4 Å². The van der Waals surface area contributed by atoms with Crippen LogP contribution in [0.4, 0.5) is 5.82 Å². The number of anilines is 1. The molecule has 2 N–H and O–H groups in total. The highest BCUT2D eigenvalue weighted by Gasteiger charge is 2.21. The number of hydrogen-bond donors (Lipinski definition) is 2. The number of rotatable bonds is 5. The molecule has 2 aromatic rings. The summed E-state index contributed by atoms with van der Waals surface area (Å²) in [6, 6.07) is 4.02. The highest BCUT2D eigenvalue weighted by Crippen LogP contribution is 2.33. The summed E-state index contributed by atoms with van der Waals surface area (Å²) in [6.07, 6.45) is 0.942. The van der Waals surface area contributed by atoms with Crippen molar-refractivity contribution in [2.75, 3.05) is 37.7 Å². The number of fused-ring (bicyclic) bond motifs is 1. The summed E-state index contributed by atoms with van der Waals surface area (Å²) in [4.78, 5) is 2.42. The average molecular weight is 376 g/mol. The zero-order valence-corrected chi connectivity index (χ0v) is 16.2. The first-order chi connectivity index (χ1) is 12.6. The molecule has 1 fully saturated rings. The van der Waals surface area contributed by atoms with Gasteiger partial charge < -0.3 is 20.3 Å². The summed E-state index contributed by atoms with van der Waals surface area (Å²) in [7, 11) is 2.03. The summed E-state index contributed by atoms with van der Waals surface area (Å²) >= 11 is 6.27. The van der Waals surface area contributed by atoms with Crippen LogP contribution >= 0.6 is 11.6 Å². The zero-order chi connectivity index (χ0) is 18.1. The van der Waals surface area contributed by atoms with Crippen molar-refractivity contribution in [3.8, 4) is 5.75 Å². The molecule has 0 amide bonds. The minimum absolute atomic E-state index is 0.734. The Morgan fingerprint density at radius 3 is 2.88 bits per heavy atom. The smallest absolute Gasteiger partial charge is 0.131 e. The van der Waals surface area contributed by atoms with Gasteiger partial charge in [0.1, 0.15) is 11.6 Å². The number of nitrogens with one attached hydrogen (secondary N) is 2. The predicted molar refractivity (Wildman–Crippen MR) is 104 cm³/mol. The van der Waals surface area contributed by atoms with Crippen LogP contribution in [0.25, 0.3) is 0 Å². The molecule has 140 valence electrons. The minimum Gasteiger partial charge on any atom is -0.493 e. The van der Waals surface area contributed by atoms with Crippen LogP contribution in [0.1, 0.15) is 22.4 Å². The number of halogens is 1. The van der Waals surface area contributed by atoms with Gasteiger partial charge in [0.05, 0.1) is 12.3 Å². The maximum atomic E-state index is 6.27. The Morgan fingerprint density at radius 2 is 2.08 bits per heavy atom. The van der Waals surface area contributed by atoms with E-state index in [1.807, 2.05) is 23.9 Å². The largest absolute Gasteiger partial charge is 0.493 e. The molecular weight excluding hydrogens is 350 g/mol. The molecule has 2 aliphatic heterocycles. The molecule has 1 aromatic heterocycles. The van der Waals surface area contributed by atoms with E-state index < -0.39 is 0 Å². The van der Waals surface area contributed by atoms with Crippen molar-refractivity contribution in [1.29, 1.82) is 0 Å². The highest BCUT2D eigenvalue weighted by molar-refractivity contribution is 6.30. The lowest BCUT2D eigenvalue weighted by molar-refractivity contribution is 0.352. The van der Waals surface area contributed by atoms with Gasteiger partial charge >= 0.3 is 0 Å². The van der Waals surface area contributed by atoms with Gasteiger partial charge in [0.25, 0.3) is 0 Å². The second-order valence-corrected chi connectivity index (χ2v) is 7.44. The van der Waals surface area contributed by atoms with Crippen molar-refractivity contribution in [3.05, 3.63) is 39.5 Å². The summed E-state index contributed by atoms with van der Waals surface area (Å²) in [5, 5.41) is 12.4. The van der Waals surface area contributed by atoms with Gasteiger partial charge in [0, 0.05) is 68.9 Å². The number of hydrogen-bond acceptors (Lipinski definition) is 5. The Hall–Kier alpha value is -1.76. The third-order valence-corrected chi connectivity index (χ3v) is 5.39. The number of aromatic nitrogens is 2. The van der Waals surface area contributed by atoms with E-state index in [0.717, 1.165) is 74.3 Å². The van der Waals surface area contributed by atoms with E-state index in [2.05, 4.69) is 27.6 Å².